The molecule has 1 aliphatic heterocycles. The SMILES string of the molecule is CCOc1ccc([C@@H]2C(=C(O)c3ccc(OCC)c(Cl)c3)C(=O)C(=O)N2CCCN(C)C)cc1. The number of nitrogens with zero attached hydrogens (tertiary/aromatic N) is 2. The van der Waals surface area contributed by atoms with Crippen molar-refractivity contribution < 1.29 is 24.2 Å². The number of amides is 1. The summed E-state index contributed by atoms with van der Waals surface area (Å²) in [6.45, 7) is 5.85. The molecule has 0 radical (unpaired) electrons. The Morgan fingerprint density at radius 2 is 1.74 bits per heavy atom. The highest BCUT2D eigenvalue weighted by Crippen LogP contribution is 2.40. The standard InChI is InChI=1S/C26H31ClN2O5/c1-5-33-19-11-8-17(9-12-19)23-22(25(31)26(32)29(23)15-7-14-28(3)4)24(30)18-10-13-21(34-6-2)20(27)16-18/h8-13,16,23,30H,5-7,14-15H2,1-4H3/t23-/m1/s1. The lowest BCUT2D eigenvalue weighted by Crippen LogP contribution is -2.32. The molecule has 0 aliphatic carbocycles. The summed E-state index contributed by atoms with van der Waals surface area (Å²) >= 11 is 6.31. The average Bonchev–Trinajstić information content (AvgIpc) is 3.05. The second-order valence-electron chi connectivity index (χ2n) is 8.23. The van der Waals surface area contributed by atoms with Crippen LogP contribution in [0.2, 0.25) is 5.02 Å². The van der Waals surface area contributed by atoms with Crippen molar-refractivity contribution in [3.8, 4) is 11.5 Å². The number of likely N-dealkylation sites (tertiary alicyclic amines) is 1. The first-order valence-corrected chi connectivity index (χ1v) is 11.7. The van der Waals surface area contributed by atoms with E-state index in [4.69, 9.17) is 21.1 Å². The molecule has 1 fully saturated rings. The van der Waals surface area contributed by atoms with E-state index >= 15 is 0 Å². The first-order valence-electron chi connectivity index (χ1n) is 11.4. The van der Waals surface area contributed by atoms with Gasteiger partial charge in [0.05, 0.1) is 29.9 Å². The molecular weight excluding hydrogens is 456 g/mol. The maximum absolute atomic E-state index is 13.1. The van der Waals surface area contributed by atoms with Crippen molar-refractivity contribution in [2.45, 2.75) is 26.3 Å². The summed E-state index contributed by atoms with van der Waals surface area (Å²) in [4.78, 5) is 29.7. The van der Waals surface area contributed by atoms with Crippen LogP contribution in [-0.4, -0.2) is 67.0 Å². The molecule has 34 heavy (non-hydrogen) atoms. The van der Waals surface area contributed by atoms with E-state index in [1.54, 1.807) is 24.3 Å². The van der Waals surface area contributed by atoms with Crippen molar-refractivity contribution in [3.05, 3.63) is 64.2 Å². The number of rotatable bonds is 10. The van der Waals surface area contributed by atoms with Crippen molar-refractivity contribution in [1.82, 2.24) is 9.80 Å². The molecule has 3 rings (SSSR count). The number of Topliss-reactive ketones (excluding diaryl/α,β-unsaturated/α-hetero) is 1. The summed E-state index contributed by atoms with van der Waals surface area (Å²) in [5.74, 6) is -0.443. The molecule has 1 atom stereocenters. The number of carbonyl (C=O) groups is 2. The van der Waals surface area contributed by atoms with Gasteiger partial charge in [-0.15, -0.1) is 0 Å². The van der Waals surface area contributed by atoms with Crippen LogP contribution in [0.3, 0.4) is 0 Å². The Bertz CT molecular complexity index is 1070. The highest BCUT2D eigenvalue weighted by atomic mass is 35.5. The van der Waals surface area contributed by atoms with Gasteiger partial charge < -0.3 is 24.4 Å². The quantitative estimate of drug-likeness (QED) is 0.302. The van der Waals surface area contributed by atoms with E-state index in [2.05, 4.69) is 0 Å². The minimum atomic E-state index is -0.719. The number of hydrogen-bond donors (Lipinski definition) is 1. The van der Waals surface area contributed by atoms with Crippen molar-refractivity contribution in [3.63, 3.8) is 0 Å². The number of benzene rings is 2. The van der Waals surface area contributed by atoms with Crippen molar-refractivity contribution >= 4 is 29.1 Å². The second kappa shape index (κ2) is 11.4. The molecule has 0 spiro atoms. The zero-order valence-electron chi connectivity index (χ0n) is 20.0. The monoisotopic (exact) mass is 486 g/mol. The Balaban J connectivity index is 2.07. The van der Waals surface area contributed by atoms with Gasteiger partial charge in [-0.25, -0.2) is 0 Å². The summed E-state index contributed by atoms with van der Waals surface area (Å²) in [7, 11) is 3.90. The highest BCUT2D eigenvalue weighted by Gasteiger charge is 2.45. The van der Waals surface area contributed by atoms with E-state index in [1.165, 1.54) is 11.0 Å². The van der Waals surface area contributed by atoms with Gasteiger partial charge in [-0.2, -0.15) is 0 Å². The van der Waals surface area contributed by atoms with E-state index in [1.807, 2.05) is 45.0 Å². The fourth-order valence-corrected chi connectivity index (χ4v) is 4.24. The van der Waals surface area contributed by atoms with Crippen LogP contribution >= 0.6 is 11.6 Å². The zero-order valence-corrected chi connectivity index (χ0v) is 20.8. The predicted molar refractivity (Wildman–Crippen MR) is 132 cm³/mol. The molecule has 1 saturated heterocycles. The molecule has 0 aromatic heterocycles. The summed E-state index contributed by atoms with van der Waals surface area (Å²) in [6, 6.07) is 11.3. The first kappa shape index (κ1) is 25.6. The Kier molecular flexibility index (Phi) is 8.58. The smallest absolute Gasteiger partial charge is 0.295 e. The number of aliphatic hydroxyl groups excluding tert-OH is 1. The minimum Gasteiger partial charge on any atom is -0.507 e. The van der Waals surface area contributed by atoms with E-state index in [0.717, 1.165) is 6.54 Å². The fourth-order valence-electron chi connectivity index (χ4n) is 4.00. The van der Waals surface area contributed by atoms with Crippen LogP contribution in [-0.2, 0) is 9.59 Å². The molecule has 0 unspecified atom stereocenters. The number of carbonyl (C=O) groups excluding carboxylic acids is 2. The molecule has 1 amide bonds. The average molecular weight is 487 g/mol. The molecule has 1 N–H and O–H groups in total. The molecule has 0 bridgehead atoms. The molecule has 182 valence electrons. The second-order valence-corrected chi connectivity index (χ2v) is 8.64. The number of hydrogen-bond acceptors (Lipinski definition) is 6. The van der Waals surface area contributed by atoms with Gasteiger partial charge in [0, 0.05) is 12.1 Å². The Hall–Kier alpha value is -3.03. The lowest BCUT2D eigenvalue weighted by molar-refractivity contribution is -0.139. The maximum atomic E-state index is 13.1. The summed E-state index contributed by atoms with van der Waals surface area (Å²) < 4.78 is 11.0. The zero-order chi connectivity index (χ0) is 24.8. The number of aliphatic hydroxyl groups is 1. The van der Waals surface area contributed by atoms with Crippen LogP contribution in [0.4, 0.5) is 0 Å². The Labute approximate surface area is 205 Å². The van der Waals surface area contributed by atoms with Gasteiger partial charge in [-0.3, -0.25) is 9.59 Å². The van der Waals surface area contributed by atoms with E-state index in [9.17, 15) is 14.7 Å². The summed E-state index contributed by atoms with van der Waals surface area (Å²) in [5.41, 5.74) is 1.10. The molecule has 2 aromatic carbocycles. The third-order valence-corrected chi connectivity index (χ3v) is 5.85. The lowest BCUT2D eigenvalue weighted by atomic mass is 9.95. The number of halogens is 1. The number of ether oxygens (including phenoxy) is 2. The maximum Gasteiger partial charge on any atom is 0.295 e. The van der Waals surface area contributed by atoms with E-state index < -0.39 is 17.7 Å². The van der Waals surface area contributed by atoms with Gasteiger partial charge in [-0.05, 0) is 76.8 Å². The van der Waals surface area contributed by atoms with Crippen LogP contribution < -0.4 is 9.47 Å². The minimum absolute atomic E-state index is 0.0410. The first-order chi connectivity index (χ1) is 16.3. The third-order valence-electron chi connectivity index (χ3n) is 5.56. The molecule has 8 heteroatoms. The molecule has 2 aromatic rings. The van der Waals surface area contributed by atoms with E-state index in [0.29, 0.717) is 53.8 Å². The van der Waals surface area contributed by atoms with Gasteiger partial charge in [0.2, 0.25) is 0 Å². The van der Waals surface area contributed by atoms with Gasteiger partial charge in [0.1, 0.15) is 17.3 Å². The summed E-state index contributed by atoms with van der Waals surface area (Å²) in [6.07, 6.45) is 0.683. The van der Waals surface area contributed by atoms with Gasteiger partial charge in [0.15, 0.2) is 0 Å². The molecule has 1 aliphatic rings. The van der Waals surface area contributed by atoms with Crippen LogP contribution in [0.5, 0.6) is 11.5 Å². The molecule has 7 nitrogen and oxygen atoms in total. The number of ketones is 1. The van der Waals surface area contributed by atoms with E-state index in [-0.39, 0.29) is 11.3 Å². The highest BCUT2D eigenvalue weighted by molar-refractivity contribution is 6.46. The molecular formula is C26H31ClN2O5. The fraction of sp³-hybridized carbons (Fsp3) is 0.385. The molecule has 1 heterocycles. The van der Waals surface area contributed by atoms with Gasteiger partial charge in [0.25, 0.3) is 11.7 Å². The van der Waals surface area contributed by atoms with Gasteiger partial charge >= 0.3 is 0 Å². The topological polar surface area (TPSA) is 79.3 Å². The Morgan fingerprint density at radius 1 is 1.06 bits per heavy atom. The van der Waals surface area contributed by atoms with Crippen molar-refractivity contribution in [2.75, 3.05) is 40.4 Å². The van der Waals surface area contributed by atoms with Crippen LogP contribution in [0.1, 0.15) is 37.4 Å². The van der Waals surface area contributed by atoms with Crippen LogP contribution in [0.25, 0.3) is 5.76 Å². The Morgan fingerprint density at radius 3 is 2.32 bits per heavy atom. The van der Waals surface area contributed by atoms with Gasteiger partial charge in [-0.1, -0.05) is 23.7 Å². The largest absolute Gasteiger partial charge is 0.507 e. The van der Waals surface area contributed by atoms with Crippen molar-refractivity contribution in [2.24, 2.45) is 0 Å². The third kappa shape index (κ3) is 5.54. The normalized spacial score (nSPS) is 17.5. The predicted octanol–water partition coefficient (Wildman–Crippen LogP) is 4.51. The lowest BCUT2D eigenvalue weighted by Gasteiger charge is -2.26. The van der Waals surface area contributed by atoms with Crippen LogP contribution in [0, 0.1) is 0 Å². The summed E-state index contributed by atoms with van der Waals surface area (Å²) in [5, 5.41) is 11.5. The van der Waals surface area contributed by atoms with Crippen molar-refractivity contribution in [1.29, 1.82) is 0 Å². The molecule has 0 saturated carbocycles. The van der Waals surface area contributed by atoms with Crippen LogP contribution in [0.15, 0.2) is 48.0 Å².